The van der Waals surface area contributed by atoms with E-state index in [-0.39, 0.29) is 13.0 Å². The van der Waals surface area contributed by atoms with Crippen LogP contribution in [0, 0.1) is 0 Å². The number of nitrogens with one attached hydrogen (secondary N) is 1. The molecular formula is C22H24N4O5. The number of methoxy groups -OCH3 is 1. The third-order valence-electron chi connectivity index (χ3n) is 5.18. The van der Waals surface area contributed by atoms with Gasteiger partial charge in [0.05, 0.1) is 12.8 Å². The third-order valence-corrected chi connectivity index (χ3v) is 5.18. The first-order valence-corrected chi connectivity index (χ1v) is 9.69. The first kappa shape index (κ1) is 21.8. The Labute approximate surface area is 179 Å². The van der Waals surface area contributed by atoms with Gasteiger partial charge in [0.15, 0.2) is 0 Å². The number of carbonyl (C=O) groups excluding carboxylic acids is 4. The summed E-state index contributed by atoms with van der Waals surface area (Å²) in [5.74, 6) is -1.26. The van der Waals surface area contributed by atoms with Crippen molar-refractivity contribution < 1.29 is 23.9 Å². The van der Waals surface area contributed by atoms with Gasteiger partial charge in [-0.15, -0.1) is 0 Å². The average Bonchev–Trinajstić information content (AvgIpc) is 2.98. The van der Waals surface area contributed by atoms with Gasteiger partial charge < -0.3 is 20.7 Å². The molecule has 1 fully saturated rings. The number of rotatable bonds is 8. The second-order valence-electron chi connectivity index (χ2n) is 7.25. The fourth-order valence-corrected chi connectivity index (χ4v) is 3.48. The highest BCUT2D eigenvalue weighted by Gasteiger charge is 2.49. The second-order valence-corrected chi connectivity index (χ2v) is 7.25. The first-order chi connectivity index (χ1) is 14.8. The van der Waals surface area contributed by atoms with Crippen molar-refractivity contribution in [3.05, 3.63) is 60.2 Å². The molecule has 1 aliphatic heterocycles. The SMILES string of the molecule is COc1ccccc1N(CCC(N)=O)C(=O)CN1C(=O)N[C@@](C)(c2ccccc2)C1=O. The van der Waals surface area contributed by atoms with Crippen molar-refractivity contribution in [3.8, 4) is 5.75 Å². The molecule has 3 N–H and O–H groups in total. The molecule has 0 bridgehead atoms. The monoisotopic (exact) mass is 424 g/mol. The number of urea groups is 1. The Bertz CT molecular complexity index is 1010. The van der Waals surface area contributed by atoms with E-state index in [4.69, 9.17) is 10.5 Å². The Balaban J connectivity index is 1.86. The first-order valence-electron chi connectivity index (χ1n) is 9.69. The smallest absolute Gasteiger partial charge is 0.325 e. The van der Waals surface area contributed by atoms with Crippen LogP contribution in [-0.4, -0.2) is 48.9 Å². The van der Waals surface area contributed by atoms with Crippen molar-refractivity contribution in [2.24, 2.45) is 5.73 Å². The van der Waals surface area contributed by atoms with Gasteiger partial charge in [-0.25, -0.2) is 4.79 Å². The number of benzene rings is 2. The van der Waals surface area contributed by atoms with Crippen LogP contribution >= 0.6 is 0 Å². The maximum atomic E-state index is 13.2. The minimum absolute atomic E-state index is 0.0197. The zero-order valence-electron chi connectivity index (χ0n) is 17.3. The molecule has 2 aromatic carbocycles. The van der Waals surface area contributed by atoms with Gasteiger partial charge in [-0.1, -0.05) is 42.5 Å². The van der Waals surface area contributed by atoms with Gasteiger partial charge >= 0.3 is 6.03 Å². The molecule has 1 atom stereocenters. The molecule has 1 aliphatic rings. The molecule has 0 aliphatic carbocycles. The molecule has 1 saturated heterocycles. The van der Waals surface area contributed by atoms with Crippen molar-refractivity contribution in [1.82, 2.24) is 10.2 Å². The molecule has 0 radical (unpaired) electrons. The lowest BCUT2D eigenvalue weighted by molar-refractivity contribution is -0.134. The number of nitrogens with two attached hydrogens (primary N) is 1. The molecule has 2 aromatic rings. The highest BCUT2D eigenvalue weighted by atomic mass is 16.5. The van der Waals surface area contributed by atoms with Crippen LogP contribution in [0.25, 0.3) is 0 Å². The molecule has 5 amide bonds. The maximum Gasteiger partial charge on any atom is 0.325 e. The lowest BCUT2D eigenvalue weighted by Crippen LogP contribution is -2.45. The predicted molar refractivity (Wildman–Crippen MR) is 113 cm³/mol. The number of imide groups is 1. The molecule has 3 rings (SSSR count). The molecule has 0 saturated carbocycles. The van der Waals surface area contributed by atoms with E-state index in [0.717, 1.165) is 4.90 Å². The van der Waals surface area contributed by atoms with E-state index in [1.54, 1.807) is 61.5 Å². The highest BCUT2D eigenvalue weighted by Crippen LogP contribution is 2.30. The molecule has 1 heterocycles. The number of hydrogen-bond donors (Lipinski definition) is 2. The van der Waals surface area contributed by atoms with Crippen molar-refractivity contribution in [2.45, 2.75) is 18.9 Å². The third kappa shape index (κ3) is 4.35. The number of primary amides is 1. The van der Waals surface area contributed by atoms with Gasteiger partial charge in [0.2, 0.25) is 11.8 Å². The van der Waals surface area contributed by atoms with Crippen LogP contribution in [0.3, 0.4) is 0 Å². The Morgan fingerprint density at radius 2 is 1.74 bits per heavy atom. The van der Waals surface area contributed by atoms with Gasteiger partial charge in [-0.05, 0) is 24.6 Å². The van der Waals surface area contributed by atoms with Crippen LogP contribution in [-0.2, 0) is 19.9 Å². The number of para-hydroxylation sites is 2. The summed E-state index contributed by atoms with van der Waals surface area (Å²) in [5.41, 5.74) is 5.00. The van der Waals surface area contributed by atoms with E-state index >= 15 is 0 Å². The number of nitrogens with zero attached hydrogens (tertiary/aromatic N) is 2. The molecule has 0 spiro atoms. The molecule has 31 heavy (non-hydrogen) atoms. The highest BCUT2D eigenvalue weighted by molar-refractivity contribution is 6.10. The molecule has 0 unspecified atom stereocenters. The predicted octanol–water partition coefficient (Wildman–Crippen LogP) is 1.37. The molecule has 162 valence electrons. The van der Waals surface area contributed by atoms with Gasteiger partial charge in [-0.3, -0.25) is 19.3 Å². The van der Waals surface area contributed by atoms with Gasteiger partial charge in [-0.2, -0.15) is 0 Å². The summed E-state index contributed by atoms with van der Waals surface area (Å²) in [7, 11) is 1.46. The fraction of sp³-hybridized carbons (Fsp3) is 0.273. The van der Waals surface area contributed by atoms with Crippen LogP contribution in [0.4, 0.5) is 10.5 Å². The molecule has 9 heteroatoms. The zero-order valence-corrected chi connectivity index (χ0v) is 17.3. The summed E-state index contributed by atoms with van der Waals surface area (Å²) in [6.07, 6.45) is -0.0916. The lowest BCUT2D eigenvalue weighted by atomic mass is 9.92. The quantitative estimate of drug-likeness (QED) is 0.620. The summed E-state index contributed by atoms with van der Waals surface area (Å²) in [5, 5.41) is 2.67. The van der Waals surface area contributed by atoms with Crippen LogP contribution in [0.15, 0.2) is 54.6 Å². The summed E-state index contributed by atoms with van der Waals surface area (Å²) in [6, 6.07) is 14.9. The van der Waals surface area contributed by atoms with Crippen LogP contribution in [0.5, 0.6) is 5.75 Å². The van der Waals surface area contributed by atoms with E-state index in [1.807, 2.05) is 0 Å². The van der Waals surface area contributed by atoms with Crippen molar-refractivity contribution in [3.63, 3.8) is 0 Å². The van der Waals surface area contributed by atoms with Crippen molar-refractivity contribution in [2.75, 3.05) is 25.1 Å². The summed E-state index contributed by atoms with van der Waals surface area (Å²) in [6.45, 7) is 1.08. The van der Waals surface area contributed by atoms with E-state index in [0.29, 0.717) is 17.0 Å². The number of ether oxygens (including phenoxy) is 1. The minimum Gasteiger partial charge on any atom is -0.495 e. The summed E-state index contributed by atoms with van der Waals surface area (Å²) in [4.78, 5) is 52.3. The molecule has 9 nitrogen and oxygen atoms in total. The molecular weight excluding hydrogens is 400 g/mol. The Kier molecular flexibility index (Phi) is 6.24. The number of hydrogen-bond acceptors (Lipinski definition) is 5. The van der Waals surface area contributed by atoms with E-state index in [9.17, 15) is 19.2 Å². The zero-order chi connectivity index (χ0) is 22.6. The number of carbonyl (C=O) groups is 4. The summed E-state index contributed by atoms with van der Waals surface area (Å²) < 4.78 is 5.32. The second kappa shape index (κ2) is 8.86. The van der Waals surface area contributed by atoms with Crippen molar-refractivity contribution >= 4 is 29.4 Å². The largest absolute Gasteiger partial charge is 0.495 e. The maximum absolute atomic E-state index is 13.2. The van der Waals surface area contributed by atoms with Crippen LogP contribution in [0.1, 0.15) is 18.9 Å². The van der Waals surface area contributed by atoms with E-state index < -0.39 is 35.8 Å². The fourth-order valence-electron chi connectivity index (χ4n) is 3.48. The minimum atomic E-state index is -1.28. The summed E-state index contributed by atoms with van der Waals surface area (Å²) >= 11 is 0. The number of anilines is 1. The van der Waals surface area contributed by atoms with Crippen LogP contribution in [0.2, 0.25) is 0 Å². The van der Waals surface area contributed by atoms with Crippen molar-refractivity contribution in [1.29, 1.82) is 0 Å². The lowest BCUT2D eigenvalue weighted by Gasteiger charge is -2.26. The van der Waals surface area contributed by atoms with Gasteiger partial charge in [0.1, 0.15) is 17.8 Å². The normalized spacial score (nSPS) is 17.9. The molecule has 0 aromatic heterocycles. The Morgan fingerprint density at radius 1 is 1.10 bits per heavy atom. The van der Waals surface area contributed by atoms with E-state index in [2.05, 4.69) is 5.32 Å². The number of amides is 5. The topological polar surface area (TPSA) is 122 Å². The Morgan fingerprint density at radius 3 is 2.39 bits per heavy atom. The Hall–Kier alpha value is -3.88. The average molecular weight is 424 g/mol. The van der Waals surface area contributed by atoms with E-state index in [1.165, 1.54) is 12.0 Å². The van der Waals surface area contributed by atoms with Gasteiger partial charge in [0, 0.05) is 13.0 Å². The van der Waals surface area contributed by atoms with Gasteiger partial charge in [0.25, 0.3) is 5.91 Å². The van der Waals surface area contributed by atoms with Crippen LogP contribution < -0.4 is 20.7 Å². The standard InChI is InChI=1S/C22H24N4O5/c1-22(15-8-4-3-5-9-15)20(29)26(21(30)24-22)14-19(28)25(13-12-18(23)27)16-10-6-7-11-17(16)31-2/h3-11H,12-14H2,1-2H3,(H2,23,27)(H,24,30)/t22-/m0/s1.